The first-order chi connectivity index (χ1) is 17.9. The minimum atomic E-state index is -0.637. The summed E-state index contributed by atoms with van der Waals surface area (Å²) in [6.07, 6.45) is -0.194. The van der Waals surface area contributed by atoms with E-state index >= 15 is 0 Å². The molecular formula is C29H35O6P. The highest BCUT2D eigenvalue weighted by Crippen LogP contribution is 2.33. The van der Waals surface area contributed by atoms with Crippen molar-refractivity contribution in [3.8, 4) is 5.75 Å². The molecule has 3 aromatic carbocycles. The summed E-state index contributed by atoms with van der Waals surface area (Å²) in [5.74, 6) is 0.811. The maximum Gasteiger partial charge on any atom is 0.119 e. The van der Waals surface area contributed by atoms with Crippen molar-refractivity contribution >= 4 is 23.8 Å². The van der Waals surface area contributed by atoms with Crippen LogP contribution in [0.15, 0.2) is 84.9 Å². The number of benzene rings is 3. The van der Waals surface area contributed by atoms with Crippen LogP contribution in [0, 0.1) is 0 Å². The molecule has 0 saturated carbocycles. The third kappa shape index (κ3) is 8.97. The van der Waals surface area contributed by atoms with Gasteiger partial charge in [-0.25, -0.2) is 0 Å². The lowest BCUT2D eigenvalue weighted by atomic mass is 10.3. The van der Waals surface area contributed by atoms with Crippen molar-refractivity contribution in [2.24, 2.45) is 0 Å². The Labute approximate surface area is 215 Å². The molecule has 1 unspecified atom stereocenters. The van der Waals surface area contributed by atoms with E-state index in [1.54, 1.807) is 0 Å². The molecule has 0 radical (unpaired) electrons. The van der Waals surface area contributed by atoms with Gasteiger partial charge in [-0.05, 0) is 36.0 Å². The fraction of sp³-hybridized carbons (Fsp3) is 0.379. The standard InChI is InChI=1S/C29H35O6P/c1-3-7-27(8-4-1)36(28-9-5-2-6-10-28)29-13-11-25(12-14-29)35-24-26-23-33-20-19-31-16-15-30-17-18-32-21-22-34-26/h1-14,26H,15-24H2. The van der Waals surface area contributed by atoms with Gasteiger partial charge in [-0.2, -0.15) is 0 Å². The Morgan fingerprint density at radius 3 is 1.58 bits per heavy atom. The molecule has 0 aliphatic carbocycles. The first-order valence-electron chi connectivity index (χ1n) is 12.5. The van der Waals surface area contributed by atoms with Crippen LogP contribution in [0.5, 0.6) is 5.75 Å². The average Bonchev–Trinajstić information content (AvgIpc) is 2.94. The van der Waals surface area contributed by atoms with Gasteiger partial charge < -0.3 is 28.4 Å². The molecule has 6 nitrogen and oxygen atoms in total. The second-order valence-electron chi connectivity index (χ2n) is 8.22. The quantitative estimate of drug-likeness (QED) is 0.475. The summed E-state index contributed by atoms with van der Waals surface area (Å²) in [5, 5.41) is 3.93. The molecule has 1 aliphatic rings. The molecule has 1 saturated heterocycles. The molecule has 0 amide bonds. The molecule has 0 bridgehead atoms. The number of hydrogen-bond donors (Lipinski definition) is 0. The van der Waals surface area contributed by atoms with Crippen molar-refractivity contribution in [1.29, 1.82) is 0 Å². The van der Waals surface area contributed by atoms with Crippen LogP contribution in [0.25, 0.3) is 0 Å². The zero-order valence-electron chi connectivity index (χ0n) is 20.6. The highest BCUT2D eigenvalue weighted by Gasteiger charge is 2.17. The lowest BCUT2D eigenvalue weighted by Crippen LogP contribution is -2.29. The molecule has 1 heterocycles. The predicted octanol–water partition coefficient (Wildman–Crippen LogP) is 3.29. The van der Waals surface area contributed by atoms with Crippen molar-refractivity contribution < 1.29 is 28.4 Å². The van der Waals surface area contributed by atoms with Gasteiger partial charge in [0.25, 0.3) is 0 Å². The Bertz CT molecular complexity index is 915. The Morgan fingerprint density at radius 1 is 0.556 bits per heavy atom. The smallest absolute Gasteiger partial charge is 0.119 e. The summed E-state index contributed by atoms with van der Waals surface area (Å²) < 4.78 is 34.3. The monoisotopic (exact) mass is 510 g/mol. The highest BCUT2D eigenvalue weighted by molar-refractivity contribution is 7.79. The van der Waals surface area contributed by atoms with Gasteiger partial charge in [0.15, 0.2) is 0 Å². The minimum Gasteiger partial charge on any atom is -0.491 e. The second-order valence-corrected chi connectivity index (χ2v) is 10.4. The van der Waals surface area contributed by atoms with Crippen molar-refractivity contribution in [2.45, 2.75) is 6.10 Å². The molecule has 1 atom stereocenters. The first-order valence-corrected chi connectivity index (χ1v) is 13.8. The third-order valence-corrected chi connectivity index (χ3v) is 8.00. The minimum absolute atomic E-state index is 0.194. The number of hydrogen-bond acceptors (Lipinski definition) is 6. The van der Waals surface area contributed by atoms with Gasteiger partial charge in [-0.15, -0.1) is 0 Å². The SMILES string of the molecule is c1ccc(P(c2ccccc2)c2ccc(OCC3COCCOCCOCCOCCO3)cc2)cc1. The molecule has 1 aliphatic heterocycles. The Hall–Kier alpha value is -2.31. The first kappa shape index (κ1) is 26.7. The normalized spacial score (nSPS) is 18.8. The van der Waals surface area contributed by atoms with E-state index in [-0.39, 0.29) is 6.10 Å². The van der Waals surface area contributed by atoms with E-state index in [2.05, 4.69) is 72.8 Å². The summed E-state index contributed by atoms with van der Waals surface area (Å²) in [7, 11) is -0.637. The van der Waals surface area contributed by atoms with E-state index in [1.807, 2.05) is 12.1 Å². The molecular weight excluding hydrogens is 475 g/mol. The van der Waals surface area contributed by atoms with E-state index in [0.717, 1.165) is 5.75 Å². The molecule has 0 spiro atoms. The van der Waals surface area contributed by atoms with E-state index in [4.69, 9.17) is 28.4 Å². The molecule has 192 valence electrons. The second kappa shape index (κ2) is 15.7. The van der Waals surface area contributed by atoms with E-state index in [9.17, 15) is 0 Å². The highest BCUT2D eigenvalue weighted by atomic mass is 31.1. The zero-order chi connectivity index (χ0) is 24.7. The van der Waals surface area contributed by atoms with Crippen molar-refractivity contribution in [3.63, 3.8) is 0 Å². The molecule has 7 heteroatoms. The maximum absolute atomic E-state index is 6.09. The predicted molar refractivity (Wildman–Crippen MR) is 144 cm³/mol. The Balaban J connectivity index is 1.36. The average molecular weight is 511 g/mol. The van der Waals surface area contributed by atoms with Gasteiger partial charge in [-0.3, -0.25) is 0 Å². The number of ether oxygens (including phenoxy) is 6. The largest absolute Gasteiger partial charge is 0.491 e. The van der Waals surface area contributed by atoms with Crippen molar-refractivity contribution in [2.75, 3.05) is 66.1 Å². The topological polar surface area (TPSA) is 55.4 Å². The molecule has 3 aromatic rings. The molecule has 4 rings (SSSR count). The summed E-state index contributed by atoms with van der Waals surface area (Å²) in [5.41, 5.74) is 0. The van der Waals surface area contributed by atoms with Crippen LogP contribution in [-0.2, 0) is 23.7 Å². The zero-order valence-corrected chi connectivity index (χ0v) is 21.5. The fourth-order valence-corrected chi connectivity index (χ4v) is 6.06. The summed E-state index contributed by atoms with van der Waals surface area (Å²) in [6, 6.07) is 29.8. The maximum atomic E-state index is 6.09. The van der Waals surface area contributed by atoms with Crippen LogP contribution in [0.2, 0.25) is 0 Å². The number of rotatable bonds is 6. The van der Waals surface area contributed by atoms with Gasteiger partial charge in [0.05, 0.1) is 59.5 Å². The van der Waals surface area contributed by atoms with E-state index < -0.39 is 7.92 Å². The van der Waals surface area contributed by atoms with Gasteiger partial charge in [-0.1, -0.05) is 72.8 Å². The molecule has 36 heavy (non-hydrogen) atoms. The Kier molecular flexibility index (Phi) is 11.7. The Morgan fingerprint density at radius 2 is 1.03 bits per heavy atom. The molecule has 0 aromatic heterocycles. The van der Waals surface area contributed by atoms with Crippen molar-refractivity contribution in [3.05, 3.63) is 84.9 Å². The summed E-state index contributed by atoms with van der Waals surface area (Å²) in [4.78, 5) is 0. The lowest BCUT2D eigenvalue weighted by molar-refractivity contribution is -0.0606. The fourth-order valence-electron chi connectivity index (χ4n) is 3.77. The van der Waals surface area contributed by atoms with Crippen molar-refractivity contribution in [1.82, 2.24) is 0 Å². The van der Waals surface area contributed by atoms with Crippen LogP contribution in [0.1, 0.15) is 0 Å². The molecule has 0 N–H and O–H groups in total. The lowest BCUT2D eigenvalue weighted by Gasteiger charge is -2.21. The third-order valence-electron chi connectivity index (χ3n) is 5.56. The van der Waals surface area contributed by atoms with E-state index in [1.165, 1.54) is 15.9 Å². The van der Waals surface area contributed by atoms with Crippen LogP contribution in [0.4, 0.5) is 0 Å². The van der Waals surface area contributed by atoms with Crippen LogP contribution in [0.3, 0.4) is 0 Å². The van der Waals surface area contributed by atoms with E-state index in [0.29, 0.717) is 66.1 Å². The van der Waals surface area contributed by atoms with Crippen LogP contribution in [-0.4, -0.2) is 72.2 Å². The van der Waals surface area contributed by atoms with Crippen LogP contribution < -0.4 is 20.7 Å². The van der Waals surface area contributed by atoms with Gasteiger partial charge in [0, 0.05) is 0 Å². The molecule has 1 fully saturated rings. The van der Waals surface area contributed by atoms with Gasteiger partial charge in [0.2, 0.25) is 0 Å². The summed E-state index contributed by atoms with van der Waals surface area (Å²) >= 11 is 0. The van der Waals surface area contributed by atoms with Gasteiger partial charge in [0.1, 0.15) is 18.5 Å². The summed E-state index contributed by atoms with van der Waals surface area (Å²) in [6.45, 7) is 5.07. The van der Waals surface area contributed by atoms with Gasteiger partial charge >= 0.3 is 0 Å². The van der Waals surface area contributed by atoms with Crippen LogP contribution >= 0.6 is 7.92 Å².